The largest absolute Gasteiger partial charge is 0.329 e. The summed E-state index contributed by atoms with van der Waals surface area (Å²) in [5, 5.41) is 9.18. The van der Waals surface area contributed by atoms with Crippen molar-refractivity contribution in [3.8, 4) is 11.8 Å². The van der Waals surface area contributed by atoms with Gasteiger partial charge in [-0.15, -0.1) is 0 Å². The topological polar surface area (TPSA) is 44.5 Å². The van der Waals surface area contributed by atoms with Crippen molar-refractivity contribution in [1.29, 1.82) is 5.26 Å². The number of fused-ring (bicyclic) bond motifs is 1. The highest BCUT2D eigenvalue weighted by Crippen LogP contribution is 2.26. The summed E-state index contributed by atoms with van der Waals surface area (Å²) in [5.41, 5.74) is 4.41. The zero-order valence-electron chi connectivity index (χ0n) is 10.6. The lowest BCUT2D eigenvalue weighted by Gasteiger charge is -2.09. The number of rotatable bonds is 1. The quantitative estimate of drug-likeness (QED) is 0.654. The summed E-state index contributed by atoms with van der Waals surface area (Å²) < 4.78 is 3.54. The lowest BCUT2D eigenvalue weighted by molar-refractivity contribution is 1.05. The highest BCUT2D eigenvalue weighted by molar-refractivity contribution is 9.10. The van der Waals surface area contributed by atoms with E-state index in [1.54, 1.807) is 6.07 Å². The normalized spacial score (nSPS) is 10.7. The van der Waals surface area contributed by atoms with E-state index in [9.17, 15) is 5.26 Å². The van der Waals surface area contributed by atoms with E-state index in [0.29, 0.717) is 10.3 Å². The van der Waals surface area contributed by atoms with Crippen molar-refractivity contribution in [3.63, 3.8) is 0 Å². The minimum Gasteiger partial charge on any atom is -0.329 e. The van der Waals surface area contributed by atoms with Crippen LogP contribution in [0, 0.1) is 23.0 Å². The lowest BCUT2D eigenvalue weighted by Crippen LogP contribution is -1.97. The maximum Gasteiger partial charge on any atom is 0.182 e. The van der Waals surface area contributed by atoms with Gasteiger partial charge in [-0.25, -0.2) is 0 Å². The predicted molar refractivity (Wildman–Crippen MR) is 85.6 cm³/mol. The van der Waals surface area contributed by atoms with Crippen LogP contribution in [-0.2, 0) is 0 Å². The number of imidazole rings is 1. The van der Waals surface area contributed by atoms with Crippen LogP contribution in [0.1, 0.15) is 11.1 Å². The average molecular weight is 344 g/mol. The molecule has 1 N–H and O–H groups in total. The monoisotopic (exact) mass is 343 g/mol. The summed E-state index contributed by atoms with van der Waals surface area (Å²) in [5.74, 6) is 0. The van der Waals surface area contributed by atoms with E-state index in [0.717, 1.165) is 26.8 Å². The van der Waals surface area contributed by atoms with E-state index in [-0.39, 0.29) is 0 Å². The number of hydrogen-bond acceptors (Lipinski definition) is 2. The molecule has 3 aromatic rings. The van der Waals surface area contributed by atoms with Gasteiger partial charge in [0.1, 0.15) is 6.07 Å². The Morgan fingerprint density at radius 3 is 2.85 bits per heavy atom. The molecule has 0 saturated heterocycles. The number of nitriles is 1. The van der Waals surface area contributed by atoms with Crippen LogP contribution in [0.3, 0.4) is 0 Å². The molecule has 20 heavy (non-hydrogen) atoms. The number of aromatic amines is 1. The lowest BCUT2D eigenvalue weighted by atomic mass is 10.1. The number of H-pyrrole nitrogens is 1. The first kappa shape index (κ1) is 13.1. The zero-order chi connectivity index (χ0) is 14.3. The van der Waals surface area contributed by atoms with Crippen LogP contribution in [0.15, 0.2) is 40.9 Å². The Labute approximate surface area is 129 Å². The number of nitrogens with zero attached hydrogens (tertiary/aromatic N) is 2. The second-order valence-corrected chi connectivity index (χ2v) is 5.81. The molecular weight excluding hydrogens is 334 g/mol. The second kappa shape index (κ2) is 4.89. The van der Waals surface area contributed by atoms with Gasteiger partial charge in [-0.3, -0.25) is 4.57 Å². The van der Waals surface area contributed by atoms with Gasteiger partial charge in [0.05, 0.1) is 22.3 Å². The number of nitrogens with one attached hydrogen (secondary N) is 1. The van der Waals surface area contributed by atoms with Gasteiger partial charge in [-0.1, -0.05) is 28.1 Å². The minimum absolute atomic E-state index is 0.587. The standard InChI is InChI=1S/C15H10BrN3S/c1-9-5-6-11(16)7-13(9)19-12-4-2-3-10(8-17)14(12)18-15(19)20/h2-7H,1H3,(H,18,20). The van der Waals surface area contributed by atoms with Crippen molar-refractivity contribution in [1.82, 2.24) is 9.55 Å². The Morgan fingerprint density at radius 1 is 1.30 bits per heavy atom. The van der Waals surface area contributed by atoms with Crippen molar-refractivity contribution in [2.24, 2.45) is 0 Å². The van der Waals surface area contributed by atoms with Gasteiger partial charge >= 0.3 is 0 Å². The summed E-state index contributed by atoms with van der Waals surface area (Å²) >= 11 is 8.92. The molecule has 0 bridgehead atoms. The van der Waals surface area contributed by atoms with Crippen molar-refractivity contribution in [2.75, 3.05) is 0 Å². The Kier molecular flexibility index (Phi) is 3.20. The van der Waals surface area contributed by atoms with E-state index in [2.05, 4.69) is 27.0 Å². The molecule has 0 aliphatic carbocycles. The third-order valence-electron chi connectivity index (χ3n) is 3.25. The predicted octanol–water partition coefficient (Wildman–Crippen LogP) is 4.63. The molecule has 3 rings (SSSR count). The highest BCUT2D eigenvalue weighted by atomic mass is 79.9. The van der Waals surface area contributed by atoms with E-state index >= 15 is 0 Å². The molecule has 5 heteroatoms. The molecule has 1 aromatic heterocycles. The molecule has 0 aliphatic rings. The molecular formula is C15H10BrN3S. The first-order valence-corrected chi connectivity index (χ1v) is 7.22. The molecule has 0 spiro atoms. The maximum atomic E-state index is 9.18. The van der Waals surface area contributed by atoms with Crippen molar-refractivity contribution in [2.45, 2.75) is 6.92 Å². The molecule has 0 amide bonds. The number of aryl methyl sites for hydroxylation is 1. The van der Waals surface area contributed by atoms with Crippen LogP contribution in [0.5, 0.6) is 0 Å². The van der Waals surface area contributed by atoms with E-state index < -0.39 is 0 Å². The first-order chi connectivity index (χ1) is 9.61. The number of halogens is 1. The van der Waals surface area contributed by atoms with Crippen LogP contribution < -0.4 is 0 Å². The molecule has 0 radical (unpaired) electrons. The fraction of sp³-hybridized carbons (Fsp3) is 0.0667. The van der Waals surface area contributed by atoms with Crippen LogP contribution in [0.2, 0.25) is 0 Å². The molecule has 98 valence electrons. The van der Waals surface area contributed by atoms with Crippen LogP contribution in [0.25, 0.3) is 16.7 Å². The van der Waals surface area contributed by atoms with Crippen LogP contribution in [0.4, 0.5) is 0 Å². The van der Waals surface area contributed by atoms with Gasteiger partial charge in [0.2, 0.25) is 0 Å². The zero-order valence-corrected chi connectivity index (χ0v) is 13.0. The van der Waals surface area contributed by atoms with Gasteiger partial charge in [0.15, 0.2) is 4.77 Å². The third-order valence-corrected chi connectivity index (χ3v) is 4.03. The summed E-state index contributed by atoms with van der Waals surface area (Å²) in [6.45, 7) is 2.04. The maximum absolute atomic E-state index is 9.18. The van der Waals surface area contributed by atoms with Gasteiger partial charge in [-0.05, 0) is 49.0 Å². The molecule has 0 saturated carbocycles. The number of para-hydroxylation sites is 1. The van der Waals surface area contributed by atoms with Crippen LogP contribution >= 0.6 is 28.1 Å². The SMILES string of the molecule is Cc1ccc(Br)cc1-n1c(=S)[nH]c2c(C#N)cccc21. The highest BCUT2D eigenvalue weighted by Gasteiger charge is 2.11. The van der Waals surface area contributed by atoms with Crippen molar-refractivity contribution < 1.29 is 0 Å². The second-order valence-electron chi connectivity index (χ2n) is 4.51. The summed E-state index contributed by atoms with van der Waals surface area (Å²) in [7, 11) is 0. The van der Waals surface area contributed by atoms with Gasteiger partial charge < -0.3 is 4.98 Å². The van der Waals surface area contributed by atoms with Crippen molar-refractivity contribution in [3.05, 3.63) is 56.8 Å². The van der Waals surface area contributed by atoms with Gasteiger partial charge in [-0.2, -0.15) is 5.26 Å². The smallest absolute Gasteiger partial charge is 0.182 e. The number of hydrogen-bond donors (Lipinski definition) is 1. The average Bonchev–Trinajstić information content (AvgIpc) is 2.77. The fourth-order valence-corrected chi connectivity index (χ4v) is 2.93. The summed E-state index contributed by atoms with van der Waals surface area (Å²) in [6.07, 6.45) is 0. The minimum atomic E-state index is 0.587. The molecule has 0 atom stereocenters. The first-order valence-electron chi connectivity index (χ1n) is 6.02. The molecule has 0 aliphatic heterocycles. The van der Waals surface area contributed by atoms with E-state index in [1.165, 1.54) is 0 Å². The number of aromatic nitrogens is 2. The third kappa shape index (κ3) is 1.98. The summed E-state index contributed by atoms with van der Waals surface area (Å²) in [4.78, 5) is 3.13. The Morgan fingerprint density at radius 2 is 2.10 bits per heavy atom. The Hall–Kier alpha value is -1.90. The van der Waals surface area contributed by atoms with E-state index in [4.69, 9.17) is 12.2 Å². The van der Waals surface area contributed by atoms with E-state index in [1.807, 2.05) is 41.8 Å². The van der Waals surface area contributed by atoms with Gasteiger partial charge in [0.25, 0.3) is 0 Å². The van der Waals surface area contributed by atoms with Crippen LogP contribution in [-0.4, -0.2) is 9.55 Å². The fourth-order valence-electron chi connectivity index (χ4n) is 2.29. The molecule has 2 aromatic carbocycles. The summed E-state index contributed by atoms with van der Waals surface area (Å²) in [6, 6.07) is 13.9. The Balaban J connectivity index is 2.44. The molecule has 0 fully saturated rings. The molecule has 0 unspecified atom stereocenters. The molecule has 3 nitrogen and oxygen atoms in total. The molecule has 1 heterocycles. The number of benzene rings is 2. The Bertz CT molecular complexity index is 915. The van der Waals surface area contributed by atoms with Crippen molar-refractivity contribution >= 4 is 39.2 Å². The van der Waals surface area contributed by atoms with Gasteiger partial charge in [0, 0.05) is 4.47 Å².